The van der Waals surface area contributed by atoms with Gasteiger partial charge in [-0.3, -0.25) is 9.59 Å². The van der Waals surface area contributed by atoms with Crippen molar-refractivity contribution in [1.29, 1.82) is 0 Å². The number of benzene rings is 1. The summed E-state index contributed by atoms with van der Waals surface area (Å²) in [6, 6.07) is 7.19. The van der Waals surface area contributed by atoms with Gasteiger partial charge in [0.2, 0.25) is 5.91 Å². The molecule has 2 aromatic rings. The SMILES string of the molecule is Cc1nonc1N1CCN(C(=O)C[C@H]2NC(=O)c3ccccc32)CC1. The first-order valence-electron chi connectivity index (χ1n) is 8.35. The number of nitrogens with one attached hydrogen (secondary N) is 1. The van der Waals surface area contributed by atoms with Gasteiger partial charge < -0.3 is 15.1 Å². The highest BCUT2D eigenvalue weighted by Crippen LogP contribution is 2.28. The highest BCUT2D eigenvalue weighted by atomic mass is 16.6. The Kier molecular flexibility index (Phi) is 3.87. The number of fused-ring (bicyclic) bond motifs is 1. The second-order valence-corrected chi connectivity index (χ2v) is 6.36. The minimum Gasteiger partial charge on any atom is -0.349 e. The number of hydrogen-bond acceptors (Lipinski definition) is 6. The van der Waals surface area contributed by atoms with Crippen LogP contribution in [0.3, 0.4) is 0 Å². The third kappa shape index (κ3) is 2.84. The monoisotopic (exact) mass is 341 g/mol. The van der Waals surface area contributed by atoms with E-state index in [1.807, 2.05) is 30.0 Å². The van der Waals surface area contributed by atoms with Crippen molar-refractivity contribution in [3.8, 4) is 0 Å². The normalized spacial score (nSPS) is 19.7. The number of aromatic nitrogens is 2. The van der Waals surface area contributed by atoms with Gasteiger partial charge in [0.25, 0.3) is 5.91 Å². The van der Waals surface area contributed by atoms with E-state index < -0.39 is 0 Å². The first kappa shape index (κ1) is 15.6. The van der Waals surface area contributed by atoms with Gasteiger partial charge in [-0.1, -0.05) is 23.4 Å². The number of aryl methyl sites for hydroxylation is 1. The van der Waals surface area contributed by atoms with Crippen molar-refractivity contribution in [2.45, 2.75) is 19.4 Å². The van der Waals surface area contributed by atoms with Crippen LogP contribution in [0, 0.1) is 6.92 Å². The van der Waals surface area contributed by atoms with Crippen molar-refractivity contribution in [3.63, 3.8) is 0 Å². The van der Waals surface area contributed by atoms with Gasteiger partial charge in [-0.05, 0) is 23.7 Å². The molecule has 8 nitrogen and oxygen atoms in total. The maximum Gasteiger partial charge on any atom is 0.252 e. The van der Waals surface area contributed by atoms with Crippen molar-refractivity contribution < 1.29 is 14.2 Å². The Bertz CT molecular complexity index is 810. The number of nitrogens with zero attached hydrogens (tertiary/aromatic N) is 4. The van der Waals surface area contributed by atoms with E-state index in [2.05, 4.69) is 20.5 Å². The van der Waals surface area contributed by atoms with Crippen LogP contribution in [0.15, 0.2) is 28.9 Å². The molecule has 4 rings (SSSR count). The fourth-order valence-electron chi connectivity index (χ4n) is 3.47. The van der Waals surface area contributed by atoms with Crippen LogP contribution < -0.4 is 10.2 Å². The molecule has 8 heteroatoms. The summed E-state index contributed by atoms with van der Waals surface area (Å²) in [5.74, 6) is 0.688. The van der Waals surface area contributed by atoms with E-state index in [9.17, 15) is 9.59 Å². The summed E-state index contributed by atoms with van der Waals surface area (Å²) < 4.78 is 4.74. The minimum atomic E-state index is -0.240. The van der Waals surface area contributed by atoms with Gasteiger partial charge in [0.15, 0.2) is 5.82 Å². The molecule has 0 radical (unpaired) electrons. The van der Waals surface area contributed by atoms with Gasteiger partial charge >= 0.3 is 0 Å². The first-order chi connectivity index (χ1) is 12.1. The zero-order valence-corrected chi connectivity index (χ0v) is 13.9. The third-order valence-electron chi connectivity index (χ3n) is 4.83. The smallest absolute Gasteiger partial charge is 0.252 e. The molecule has 0 bridgehead atoms. The largest absolute Gasteiger partial charge is 0.349 e. The number of piperazine rings is 1. The van der Waals surface area contributed by atoms with Gasteiger partial charge in [-0.2, -0.15) is 0 Å². The summed E-state index contributed by atoms with van der Waals surface area (Å²) in [7, 11) is 0. The molecular weight excluding hydrogens is 322 g/mol. The maximum atomic E-state index is 12.6. The molecule has 1 saturated heterocycles. The Hall–Kier alpha value is -2.90. The fraction of sp³-hybridized carbons (Fsp3) is 0.412. The van der Waals surface area contributed by atoms with Crippen LogP contribution in [0.1, 0.15) is 34.1 Å². The van der Waals surface area contributed by atoms with E-state index in [-0.39, 0.29) is 24.3 Å². The first-order valence-corrected chi connectivity index (χ1v) is 8.35. The number of anilines is 1. The number of carbonyl (C=O) groups is 2. The number of carbonyl (C=O) groups excluding carboxylic acids is 2. The molecule has 2 aliphatic rings. The zero-order valence-electron chi connectivity index (χ0n) is 13.9. The van der Waals surface area contributed by atoms with Crippen LogP contribution in [0.5, 0.6) is 0 Å². The van der Waals surface area contributed by atoms with Crippen LogP contribution in [0.2, 0.25) is 0 Å². The van der Waals surface area contributed by atoms with Gasteiger partial charge in [0.05, 0.1) is 12.5 Å². The molecule has 0 saturated carbocycles. The van der Waals surface area contributed by atoms with Gasteiger partial charge in [0, 0.05) is 31.7 Å². The van der Waals surface area contributed by atoms with Crippen molar-refractivity contribution in [3.05, 3.63) is 41.1 Å². The third-order valence-corrected chi connectivity index (χ3v) is 4.83. The van der Waals surface area contributed by atoms with Crippen LogP contribution in [0.25, 0.3) is 0 Å². The molecule has 0 spiro atoms. The molecule has 1 atom stereocenters. The Morgan fingerprint density at radius 2 is 2.00 bits per heavy atom. The predicted octanol–water partition coefficient (Wildman–Crippen LogP) is 0.901. The summed E-state index contributed by atoms with van der Waals surface area (Å²) >= 11 is 0. The van der Waals surface area contributed by atoms with Crippen molar-refractivity contribution in [2.24, 2.45) is 0 Å². The molecule has 1 fully saturated rings. The molecule has 1 N–H and O–H groups in total. The molecule has 130 valence electrons. The molecule has 1 aromatic carbocycles. The van der Waals surface area contributed by atoms with E-state index in [0.29, 0.717) is 31.7 Å². The average Bonchev–Trinajstić information content (AvgIpc) is 3.19. The number of amides is 2. The van der Waals surface area contributed by atoms with Crippen LogP contribution in [0.4, 0.5) is 5.82 Å². The highest BCUT2D eigenvalue weighted by molar-refractivity contribution is 5.99. The quantitative estimate of drug-likeness (QED) is 0.892. The van der Waals surface area contributed by atoms with Crippen LogP contribution in [-0.2, 0) is 4.79 Å². The Balaban J connectivity index is 1.37. The summed E-state index contributed by atoms with van der Waals surface area (Å²) in [6.45, 7) is 4.47. The van der Waals surface area contributed by atoms with Crippen LogP contribution >= 0.6 is 0 Å². The Labute approximate surface area is 144 Å². The number of rotatable bonds is 3. The average molecular weight is 341 g/mol. The van der Waals surface area contributed by atoms with Gasteiger partial charge in [0.1, 0.15) is 5.69 Å². The van der Waals surface area contributed by atoms with E-state index in [0.717, 1.165) is 17.1 Å². The van der Waals surface area contributed by atoms with E-state index in [4.69, 9.17) is 4.63 Å². The lowest BCUT2D eigenvalue weighted by Gasteiger charge is -2.35. The zero-order chi connectivity index (χ0) is 17.4. The molecule has 0 unspecified atom stereocenters. The highest BCUT2D eigenvalue weighted by Gasteiger charge is 2.32. The summed E-state index contributed by atoms with van der Waals surface area (Å²) in [5, 5.41) is 10.6. The summed E-state index contributed by atoms with van der Waals surface area (Å²) in [5.41, 5.74) is 2.33. The molecule has 1 aromatic heterocycles. The maximum absolute atomic E-state index is 12.6. The second-order valence-electron chi connectivity index (χ2n) is 6.36. The lowest BCUT2D eigenvalue weighted by molar-refractivity contribution is -0.132. The molecule has 2 amide bonds. The lowest BCUT2D eigenvalue weighted by Crippen LogP contribution is -2.49. The standard InChI is InChI=1S/C17H19N5O3/c1-11-16(20-25-19-11)22-8-6-21(7-9-22)15(23)10-14-12-4-2-3-5-13(12)17(24)18-14/h2-5,14H,6-10H2,1H3,(H,18,24)/t14-/m1/s1. The molecule has 2 aliphatic heterocycles. The number of hydrogen-bond donors (Lipinski definition) is 1. The lowest BCUT2D eigenvalue weighted by atomic mass is 10.0. The minimum absolute atomic E-state index is 0.0525. The van der Waals surface area contributed by atoms with Gasteiger partial charge in [-0.25, -0.2) is 4.63 Å². The molecular formula is C17H19N5O3. The van der Waals surface area contributed by atoms with Gasteiger partial charge in [-0.15, -0.1) is 0 Å². The predicted molar refractivity (Wildman–Crippen MR) is 89.1 cm³/mol. The van der Waals surface area contributed by atoms with E-state index >= 15 is 0 Å². The molecule has 0 aliphatic carbocycles. The van der Waals surface area contributed by atoms with Crippen molar-refractivity contribution in [1.82, 2.24) is 20.5 Å². The Morgan fingerprint density at radius 3 is 2.72 bits per heavy atom. The topological polar surface area (TPSA) is 91.6 Å². The second kappa shape index (κ2) is 6.19. The summed E-state index contributed by atoms with van der Waals surface area (Å²) in [4.78, 5) is 28.5. The van der Waals surface area contributed by atoms with Crippen molar-refractivity contribution in [2.75, 3.05) is 31.1 Å². The van der Waals surface area contributed by atoms with E-state index in [1.54, 1.807) is 6.07 Å². The Morgan fingerprint density at radius 1 is 1.24 bits per heavy atom. The van der Waals surface area contributed by atoms with Crippen LogP contribution in [-0.4, -0.2) is 53.2 Å². The van der Waals surface area contributed by atoms with E-state index in [1.165, 1.54) is 0 Å². The molecule has 3 heterocycles. The van der Waals surface area contributed by atoms with Crippen molar-refractivity contribution >= 4 is 17.6 Å². The summed E-state index contributed by atoms with van der Waals surface area (Å²) in [6.07, 6.45) is 0.285. The fourth-order valence-corrected chi connectivity index (χ4v) is 3.47. The molecule has 25 heavy (non-hydrogen) atoms.